The number of nitrogens with zero attached hydrogens (tertiary/aromatic N) is 1. The Balaban J connectivity index is 3.17. The van der Waals surface area contributed by atoms with Crippen LogP contribution in [0.3, 0.4) is 0 Å². The van der Waals surface area contributed by atoms with Crippen molar-refractivity contribution in [2.75, 3.05) is 11.1 Å². The lowest BCUT2D eigenvalue weighted by Gasteiger charge is -2.03. The Labute approximate surface area is 104 Å². The molecule has 1 N–H and O–H groups in total. The van der Waals surface area contributed by atoms with Crippen LogP contribution in [0.25, 0.3) is 0 Å². The standard InChI is InChI=1S/C11H10N2O3S/c1-8(14)12-10-5-4-9(3-2-6-17)7-11(10)13(15)16/h4-5,7,17H,6H2,1H3,(H,12,14). The van der Waals surface area contributed by atoms with Crippen LogP contribution in [0.1, 0.15) is 12.5 Å². The van der Waals surface area contributed by atoms with Crippen molar-refractivity contribution in [3.8, 4) is 11.8 Å². The van der Waals surface area contributed by atoms with Gasteiger partial charge in [-0.3, -0.25) is 14.9 Å². The number of thiol groups is 1. The number of carbonyl (C=O) groups excluding carboxylic acids is 1. The number of nitro benzene ring substituents is 1. The van der Waals surface area contributed by atoms with Gasteiger partial charge >= 0.3 is 0 Å². The van der Waals surface area contributed by atoms with Gasteiger partial charge in [-0.2, -0.15) is 12.6 Å². The van der Waals surface area contributed by atoms with Crippen LogP contribution < -0.4 is 5.32 Å². The summed E-state index contributed by atoms with van der Waals surface area (Å²) in [6.45, 7) is 1.29. The Bertz CT molecular complexity index is 517. The molecule has 0 bridgehead atoms. The summed E-state index contributed by atoms with van der Waals surface area (Å²) >= 11 is 3.92. The summed E-state index contributed by atoms with van der Waals surface area (Å²) in [5.41, 5.74) is 0.505. The predicted octanol–water partition coefficient (Wildman–Crippen LogP) is 1.83. The van der Waals surface area contributed by atoms with Crippen LogP contribution in [0, 0.1) is 22.0 Å². The van der Waals surface area contributed by atoms with Gasteiger partial charge in [-0.15, -0.1) is 0 Å². The Morgan fingerprint density at radius 3 is 2.82 bits per heavy atom. The van der Waals surface area contributed by atoms with E-state index in [0.717, 1.165) is 0 Å². The third kappa shape index (κ3) is 3.81. The molecule has 0 heterocycles. The van der Waals surface area contributed by atoms with Gasteiger partial charge in [0, 0.05) is 18.6 Å². The normalized spacial score (nSPS) is 9.06. The van der Waals surface area contributed by atoms with Crippen LogP contribution in [0.15, 0.2) is 18.2 Å². The highest BCUT2D eigenvalue weighted by Gasteiger charge is 2.14. The molecule has 6 heteroatoms. The Morgan fingerprint density at radius 2 is 2.29 bits per heavy atom. The third-order valence-electron chi connectivity index (χ3n) is 1.82. The van der Waals surface area contributed by atoms with Gasteiger partial charge in [0.1, 0.15) is 5.69 Å². The van der Waals surface area contributed by atoms with Gasteiger partial charge in [-0.1, -0.05) is 11.8 Å². The van der Waals surface area contributed by atoms with Crippen molar-refractivity contribution in [2.24, 2.45) is 0 Å². The summed E-state index contributed by atoms with van der Waals surface area (Å²) in [6, 6.07) is 4.39. The van der Waals surface area contributed by atoms with Crippen LogP contribution >= 0.6 is 12.6 Å². The molecule has 0 atom stereocenters. The minimum absolute atomic E-state index is 0.166. The first kappa shape index (κ1) is 13.1. The highest BCUT2D eigenvalue weighted by molar-refractivity contribution is 7.80. The zero-order chi connectivity index (χ0) is 12.8. The summed E-state index contributed by atoms with van der Waals surface area (Å²) in [5.74, 6) is 5.44. The highest BCUT2D eigenvalue weighted by atomic mass is 32.1. The smallest absolute Gasteiger partial charge is 0.293 e. The van der Waals surface area contributed by atoms with Gasteiger partial charge in [-0.05, 0) is 12.1 Å². The molecule has 5 nitrogen and oxygen atoms in total. The maximum Gasteiger partial charge on any atom is 0.293 e. The SMILES string of the molecule is CC(=O)Nc1ccc(C#CCS)cc1[N+](=O)[O-]. The van der Waals surface area contributed by atoms with Crippen LogP contribution in [0.2, 0.25) is 0 Å². The predicted molar refractivity (Wildman–Crippen MR) is 68.1 cm³/mol. The zero-order valence-corrected chi connectivity index (χ0v) is 9.95. The average molecular weight is 250 g/mol. The van der Waals surface area contributed by atoms with Gasteiger partial charge in [-0.25, -0.2) is 0 Å². The molecule has 0 saturated carbocycles. The van der Waals surface area contributed by atoms with E-state index in [1.165, 1.54) is 19.1 Å². The minimum atomic E-state index is -0.558. The number of anilines is 1. The van der Waals surface area contributed by atoms with E-state index in [4.69, 9.17) is 0 Å². The fourth-order valence-electron chi connectivity index (χ4n) is 1.20. The fourth-order valence-corrected chi connectivity index (χ4v) is 1.28. The van der Waals surface area contributed by atoms with E-state index in [-0.39, 0.29) is 17.3 Å². The first-order valence-electron chi connectivity index (χ1n) is 4.70. The Morgan fingerprint density at radius 1 is 1.59 bits per heavy atom. The molecule has 1 amide bonds. The van der Waals surface area contributed by atoms with Crippen LogP contribution in [0.4, 0.5) is 11.4 Å². The van der Waals surface area contributed by atoms with E-state index in [0.29, 0.717) is 11.3 Å². The topological polar surface area (TPSA) is 72.2 Å². The molecular formula is C11H10N2O3S. The van der Waals surface area contributed by atoms with Gasteiger partial charge in [0.25, 0.3) is 5.69 Å². The van der Waals surface area contributed by atoms with E-state index < -0.39 is 4.92 Å². The molecule has 0 aliphatic heterocycles. The molecule has 0 spiro atoms. The first-order chi connectivity index (χ1) is 8.04. The van der Waals surface area contributed by atoms with Crippen molar-refractivity contribution in [2.45, 2.75) is 6.92 Å². The number of nitro groups is 1. The first-order valence-corrected chi connectivity index (χ1v) is 5.33. The second-order valence-corrected chi connectivity index (χ2v) is 3.45. The molecule has 0 fully saturated rings. The van der Waals surface area contributed by atoms with Crippen LogP contribution in [0.5, 0.6) is 0 Å². The third-order valence-corrected chi connectivity index (χ3v) is 1.98. The van der Waals surface area contributed by atoms with Crippen molar-refractivity contribution < 1.29 is 9.72 Å². The van der Waals surface area contributed by atoms with Crippen LogP contribution in [-0.2, 0) is 4.79 Å². The summed E-state index contributed by atoms with van der Waals surface area (Å²) in [4.78, 5) is 21.1. The molecule has 0 aliphatic carbocycles. The monoisotopic (exact) mass is 250 g/mol. The van der Waals surface area contributed by atoms with E-state index in [9.17, 15) is 14.9 Å². The van der Waals surface area contributed by atoms with Crippen molar-refractivity contribution in [1.29, 1.82) is 0 Å². The Kier molecular flexibility index (Phi) is 4.55. The van der Waals surface area contributed by atoms with E-state index in [1.807, 2.05) is 0 Å². The van der Waals surface area contributed by atoms with Crippen molar-refractivity contribution in [1.82, 2.24) is 0 Å². The van der Waals surface area contributed by atoms with Crippen LogP contribution in [-0.4, -0.2) is 16.6 Å². The molecule has 0 aliphatic rings. The lowest BCUT2D eigenvalue weighted by atomic mass is 10.1. The number of rotatable bonds is 2. The lowest BCUT2D eigenvalue weighted by Crippen LogP contribution is -2.08. The molecule has 88 valence electrons. The molecular weight excluding hydrogens is 240 g/mol. The summed E-state index contributed by atoms with van der Waals surface area (Å²) in [5, 5.41) is 13.2. The van der Waals surface area contributed by atoms with Gasteiger partial charge < -0.3 is 5.32 Å². The van der Waals surface area contributed by atoms with Gasteiger partial charge in [0.15, 0.2) is 0 Å². The van der Waals surface area contributed by atoms with E-state index in [1.54, 1.807) is 6.07 Å². The summed E-state index contributed by atoms with van der Waals surface area (Å²) in [6.07, 6.45) is 0. The largest absolute Gasteiger partial charge is 0.321 e. The zero-order valence-electron chi connectivity index (χ0n) is 9.06. The number of amides is 1. The number of hydrogen-bond acceptors (Lipinski definition) is 4. The highest BCUT2D eigenvalue weighted by Crippen LogP contribution is 2.25. The quantitative estimate of drug-likeness (QED) is 0.364. The molecule has 1 aromatic carbocycles. The molecule has 0 saturated heterocycles. The summed E-state index contributed by atoms with van der Waals surface area (Å²) in [7, 11) is 0. The maximum atomic E-state index is 10.9. The maximum absolute atomic E-state index is 10.9. The molecule has 0 aromatic heterocycles. The average Bonchev–Trinajstić information content (AvgIpc) is 2.26. The summed E-state index contributed by atoms with van der Waals surface area (Å²) < 4.78 is 0. The van der Waals surface area contributed by atoms with E-state index in [2.05, 4.69) is 29.8 Å². The van der Waals surface area contributed by atoms with Crippen molar-refractivity contribution in [3.63, 3.8) is 0 Å². The second kappa shape index (κ2) is 5.92. The lowest BCUT2D eigenvalue weighted by molar-refractivity contribution is -0.383. The van der Waals surface area contributed by atoms with Crippen molar-refractivity contribution in [3.05, 3.63) is 33.9 Å². The molecule has 0 unspecified atom stereocenters. The fraction of sp³-hybridized carbons (Fsp3) is 0.182. The molecule has 0 radical (unpaired) electrons. The number of hydrogen-bond donors (Lipinski definition) is 2. The van der Waals surface area contributed by atoms with Gasteiger partial charge in [0.05, 0.1) is 10.7 Å². The number of benzene rings is 1. The molecule has 1 rings (SSSR count). The second-order valence-electron chi connectivity index (χ2n) is 3.13. The van der Waals surface area contributed by atoms with Gasteiger partial charge in [0.2, 0.25) is 5.91 Å². The van der Waals surface area contributed by atoms with Crippen molar-refractivity contribution >= 4 is 29.9 Å². The minimum Gasteiger partial charge on any atom is -0.321 e. The van der Waals surface area contributed by atoms with E-state index >= 15 is 0 Å². The Hall–Kier alpha value is -2.00. The number of nitrogens with one attached hydrogen (secondary N) is 1. The molecule has 17 heavy (non-hydrogen) atoms. The number of carbonyl (C=O) groups is 1. The molecule has 1 aromatic rings.